The maximum atomic E-state index is 3.63. The number of thioether (sulfide) groups is 1. The van der Waals surface area contributed by atoms with E-state index in [9.17, 15) is 0 Å². The Morgan fingerprint density at radius 2 is 1.74 bits per heavy atom. The van der Waals surface area contributed by atoms with Crippen molar-refractivity contribution in [3.05, 3.63) is 34.9 Å². The molecule has 0 spiro atoms. The van der Waals surface area contributed by atoms with Crippen LogP contribution >= 0.6 is 11.8 Å². The lowest BCUT2D eigenvalue weighted by Gasteiger charge is -2.20. The van der Waals surface area contributed by atoms with E-state index in [-0.39, 0.29) is 0 Å². The molecule has 1 nitrogen and oxygen atoms in total. The summed E-state index contributed by atoms with van der Waals surface area (Å²) in [6.07, 6.45) is 2.40. The van der Waals surface area contributed by atoms with Crippen molar-refractivity contribution in [2.24, 2.45) is 0 Å². The van der Waals surface area contributed by atoms with Gasteiger partial charge in [-0.2, -0.15) is 11.8 Å². The Labute approximate surface area is 123 Å². The van der Waals surface area contributed by atoms with Gasteiger partial charge in [0.1, 0.15) is 0 Å². The van der Waals surface area contributed by atoms with Gasteiger partial charge < -0.3 is 5.32 Å². The molecular weight excluding hydrogens is 250 g/mol. The number of benzene rings is 1. The van der Waals surface area contributed by atoms with Crippen molar-refractivity contribution in [2.45, 2.75) is 58.8 Å². The first-order chi connectivity index (χ1) is 9.05. The van der Waals surface area contributed by atoms with Crippen LogP contribution in [-0.2, 0) is 6.42 Å². The number of hydrogen-bond acceptors (Lipinski definition) is 2. The minimum atomic E-state index is 0.588. The van der Waals surface area contributed by atoms with Crippen molar-refractivity contribution in [3.63, 3.8) is 0 Å². The Balaban J connectivity index is 2.61. The van der Waals surface area contributed by atoms with E-state index in [2.05, 4.69) is 69.9 Å². The highest BCUT2D eigenvalue weighted by Gasteiger charge is 2.11. The molecule has 1 aromatic rings. The third kappa shape index (κ3) is 6.49. The van der Waals surface area contributed by atoms with Crippen LogP contribution in [0.25, 0.3) is 0 Å². The van der Waals surface area contributed by atoms with Crippen molar-refractivity contribution in [1.82, 2.24) is 5.32 Å². The van der Waals surface area contributed by atoms with E-state index in [4.69, 9.17) is 0 Å². The molecule has 0 amide bonds. The summed E-state index contributed by atoms with van der Waals surface area (Å²) in [6, 6.07) is 7.49. The van der Waals surface area contributed by atoms with Crippen LogP contribution in [0.5, 0.6) is 0 Å². The zero-order valence-electron chi connectivity index (χ0n) is 13.1. The van der Waals surface area contributed by atoms with Crippen molar-refractivity contribution in [1.29, 1.82) is 0 Å². The van der Waals surface area contributed by atoms with Crippen LogP contribution in [-0.4, -0.2) is 23.6 Å². The zero-order valence-corrected chi connectivity index (χ0v) is 13.9. The summed E-state index contributed by atoms with van der Waals surface area (Å²) in [7, 11) is 0. The molecule has 0 aliphatic heterocycles. The molecule has 2 unspecified atom stereocenters. The molecule has 19 heavy (non-hydrogen) atoms. The van der Waals surface area contributed by atoms with Gasteiger partial charge in [0.15, 0.2) is 0 Å². The standard InChI is InChI=1S/C17H29NS/c1-6-15(5)19-12-17(18-7-2)11-16-9-13(3)8-14(4)10-16/h8-10,15,17-18H,6-7,11-12H2,1-5H3. The first kappa shape index (κ1) is 16.6. The molecule has 0 saturated carbocycles. The number of nitrogens with one attached hydrogen (secondary N) is 1. The molecule has 1 rings (SSSR count). The summed E-state index contributed by atoms with van der Waals surface area (Å²) in [5.74, 6) is 1.20. The predicted molar refractivity (Wildman–Crippen MR) is 89.3 cm³/mol. The summed E-state index contributed by atoms with van der Waals surface area (Å²) in [4.78, 5) is 0. The van der Waals surface area contributed by atoms with E-state index in [1.54, 1.807) is 0 Å². The Kier molecular flexibility index (Phi) is 7.55. The molecule has 2 atom stereocenters. The first-order valence-corrected chi connectivity index (χ1v) is 8.52. The SMILES string of the molecule is CCNC(CSC(C)CC)Cc1cc(C)cc(C)c1. The lowest BCUT2D eigenvalue weighted by Crippen LogP contribution is -2.33. The Morgan fingerprint density at radius 1 is 1.11 bits per heavy atom. The van der Waals surface area contributed by atoms with Crippen LogP contribution in [0, 0.1) is 13.8 Å². The van der Waals surface area contributed by atoms with Crippen molar-refractivity contribution >= 4 is 11.8 Å². The third-order valence-corrected chi connectivity index (χ3v) is 4.91. The summed E-state index contributed by atoms with van der Waals surface area (Å²) in [6.45, 7) is 12.2. The number of aryl methyl sites for hydroxylation is 2. The van der Waals surface area contributed by atoms with Crippen molar-refractivity contribution in [2.75, 3.05) is 12.3 Å². The lowest BCUT2D eigenvalue weighted by atomic mass is 10.0. The fraction of sp³-hybridized carbons (Fsp3) is 0.647. The molecule has 0 aliphatic carbocycles. The van der Waals surface area contributed by atoms with Gasteiger partial charge in [-0.15, -0.1) is 0 Å². The van der Waals surface area contributed by atoms with Gasteiger partial charge in [0.2, 0.25) is 0 Å². The Hall–Kier alpha value is -0.470. The molecule has 1 N–H and O–H groups in total. The van der Waals surface area contributed by atoms with E-state index >= 15 is 0 Å². The molecule has 0 saturated heterocycles. The smallest absolute Gasteiger partial charge is 0.0198 e. The van der Waals surface area contributed by atoms with Crippen LogP contribution < -0.4 is 5.32 Å². The van der Waals surface area contributed by atoms with Gasteiger partial charge >= 0.3 is 0 Å². The number of likely N-dealkylation sites (N-methyl/N-ethyl adjacent to an activating group) is 1. The van der Waals surface area contributed by atoms with Crippen LogP contribution in [0.2, 0.25) is 0 Å². The fourth-order valence-electron chi connectivity index (χ4n) is 2.35. The van der Waals surface area contributed by atoms with Gasteiger partial charge in [0.05, 0.1) is 0 Å². The molecule has 108 valence electrons. The second-order valence-electron chi connectivity index (χ2n) is 5.51. The predicted octanol–water partition coefficient (Wildman–Crippen LogP) is 4.36. The largest absolute Gasteiger partial charge is 0.313 e. The third-order valence-electron chi connectivity index (χ3n) is 3.41. The Bertz CT molecular complexity index is 355. The highest BCUT2D eigenvalue weighted by molar-refractivity contribution is 7.99. The fourth-order valence-corrected chi connectivity index (χ4v) is 3.38. The van der Waals surface area contributed by atoms with Gasteiger partial charge in [-0.05, 0) is 38.8 Å². The summed E-state index contributed by atoms with van der Waals surface area (Å²) in [5.41, 5.74) is 4.22. The van der Waals surface area contributed by atoms with Gasteiger partial charge in [-0.1, -0.05) is 50.1 Å². The van der Waals surface area contributed by atoms with Crippen LogP contribution in [0.4, 0.5) is 0 Å². The maximum absolute atomic E-state index is 3.63. The molecule has 1 aromatic carbocycles. The average Bonchev–Trinajstić information content (AvgIpc) is 2.34. The van der Waals surface area contributed by atoms with E-state index in [0.717, 1.165) is 18.2 Å². The van der Waals surface area contributed by atoms with Crippen LogP contribution in [0.3, 0.4) is 0 Å². The number of hydrogen-bond donors (Lipinski definition) is 1. The van der Waals surface area contributed by atoms with E-state index in [1.165, 1.54) is 28.9 Å². The minimum absolute atomic E-state index is 0.588. The molecule has 0 aliphatic rings. The molecule has 0 bridgehead atoms. The average molecular weight is 279 g/mol. The van der Waals surface area contributed by atoms with E-state index < -0.39 is 0 Å². The highest BCUT2D eigenvalue weighted by atomic mass is 32.2. The molecule has 0 heterocycles. The quantitative estimate of drug-likeness (QED) is 0.759. The van der Waals surface area contributed by atoms with Gasteiger partial charge in [-0.3, -0.25) is 0 Å². The lowest BCUT2D eigenvalue weighted by molar-refractivity contribution is 0.571. The molecule has 0 aromatic heterocycles. The number of rotatable bonds is 8. The van der Waals surface area contributed by atoms with Crippen LogP contribution in [0.15, 0.2) is 18.2 Å². The summed E-state index contributed by atoms with van der Waals surface area (Å²) >= 11 is 2.09. The molecule has 0 fully saturated rings. The Morgan fingerprint density at radius 3 is 2.26 bits per heavy atom. The van der Waals surface area contributed by atoms with Gasteiger partial charge in [0, 0.05) is 17.0 Å². The monoisotopic (exact) mass is 279 g/mol. The molecule has 0 radical (unpaired) electrons. The summed E-state index contributed by atoms with van der Waals surface area (Å²) < 4.78 is 0. The van der Waals surface area contributed by atoms with Crippen molar-refractivity contribution in [3.8, 4) is 0 Å². The van der Waals surface area contributed by atoms with E-state index in [0.29, 0.717) is 6.04 Å². The second kappa shape index (κ2) is 8.65. The second-order valence-corrected chi connectivity index (χ2v) is 6.98. The van der Waals surface area contributed by atoms with Crippen LogP contribution in [0.1, 0.15) is 43.9 Å². The van der Waals surface area contributed by atoms with Crippen molar-refractivity contribution < 1.29 is 0 Å². The highest BCUT2D eigenvalue weighted by Crippen LogP contribution is 2.17. The first-order valence-electron chi connectivity index (χ1n) is 7.47. The molecule has 2 heteroatoms. The molecular formula is C17H29NS. The normalized spacial score (nSPS) is 14.4. The zero-order chi connectivity index (χ0) is 14.3. The van der Waals surface area contributed by atoms with Gasteiger partial charge in [-0.25, -0.2) is 0 Å². The van der Waals surface area contributed by atoms with E-state index in [1.807, 2.05) is 0 Å². The minimum Gasteiger partial charge on any atom is -0.313 e. The topological polar surface area (TPSA) is 12.0 Å². The maximum Gasteiger partial charge on any atom is 0.0198 e. The van der Waals surface area contributed by atoms with Gasteiger partial charge in [0.25, 0.3) is 0 Å². The summed E-state index contributed by atoms with van der Waals surface area (Å²) in [5, 5.41) is 4.39.